The SMILES string of the molecule is CCC(Cc1ccccc1)c1cc(O)c(C(c2cccc(NS(=O)(=O)c3ccc(NO)cc3)c2)C2CC2)c(=O)o1. The molecule has 40 heavy (non-hydrogen) atoms. The highest BCUT2D eigenvalue weighted by molar-refractivity contribution is 7.92. The Hall–Kier alpha value is -4.08. The first kappa shape index (κ1) is 27.5. The molecule has 4 aromatic rings. The Kier molecular flexibility index (Phi) is 7.95. The summed E-state index contributed by atoms with van der Waals surface area (Å²) in [7, 11) is -3.90. The predicted octanol–water partition coefficient (Wildman–Crippen LogP) is 6.23. The topological polar surface area (TPSA) is 129 Å². The molecule has 8 nitrogen and oxygen atoms in total. The summed E-state index contributed by atoms with van der Waals surface area (Å²) in [6.07, 6.45) is 3.20. The van der Waals surface area contributed by atoms with Gasteiger partial charge in [0.2, 0.25) is 0 Å². The van der Waals surface area contributed by atoms with E-state index in [4.69, 9.17) is 9.62 Å². The normalized spacial score (nSPS) is 14.8. The van der Waals surface area contributed by atoms with Crippen molar-refractivity contribution in [2.24, 2.45) is 5.92 Å². The van der Waals surface area contributed by atoms with E-state index in [1.54, 1.807) is 24.3 Å². The molecule has 4 N–H and O–H groups in total. The Morgan fingerprint density at radius 2 is 1.68 bits per heavy atom. The highest BCUT2D eigenvalue weighted by Crippen LogP contribution is 2.48. The van der Waals surface area contributed by atoms with Crippen LogP contribution in [-0.2, 0) is 16.4 Å². The average molecular weight is 561 g/mol. The third kappa shape index (κ3) is 6.05. The molecule has 0 bridgehead atoms. The predicted molar refractivity (Wildman–Crippen MR) is 153 cm³/mol. The summed E-state index contributed by atoms with van der Waals surface area (Å²) >= 11 is 0. The second-order valence-corrected chi connectivity index (χ2v) is 11.9. The highest BCUT2D eigenvalue weighted by Gasteiger charge is 2.38. The summed E-state index contributed by atoms with van der Waals surface area (Å²) in [5.41, 5.74) is 4.14. The van der Waals surface area contributed by atoms with Gasteiger partial charge in [0.1, 0.15) is 11.5 Å². The van der Waals surface area contributed by atoms with Crippen LogP contribution in [-0.4, -0.2) is 18.7 Å². The Balaban J connectivity index is 1.44. The smallest absolute Gasteiger partial charge is 0.343 e. The number of nitrogens with one attached hydrogen (secondary N) is 2. The van der Waals surface area contributed by atoms with Crippen LogP contribution in [0.4, 0.5) is 11.4 Å². The van der Waals surface area contributed by atoms with Crippen LogP contribution in [0, 0.1) is 5.92 Å². The van der Waals surface area contributed by atoms with Gasteiger partial charge < -0.3 is 9.52 Å². The molecule has 1 saturated carbocycles. The zero-order valence-corrected chi connectivity index (χ0v) is 22.9. The fourth-order valence-corrected chi connectivity index (χ4v) is 6.21. The lowest BCUT2D eigenvalue weighted by atomic mass is 9.86. The number of rotatable bonds is 11. The molecule has 1 aromatic heterocycles. The molecular weight excluding hydrogens is 528 g/mol. The van der Waals surface area contributed by atoms with Crippen LogP contribution in [0.3, 0.4) is 0 Å². The van der Waals surface area contributed by atoms with E-state index >= 15 is 0 Å². The molecule has 0 saturated heterocycles. The van der Waals surface area contributed by atoms with Gasteiger partial charge >= 0.3 is 5.63 Å². The maximum Gasteiger partial charge on any atom is 0.343 e. The summed E-state index contributed by atoms with van der Waals surface area (Å²) in [6.45, 7) is 2.02. The third-order valence-electron chi connectivity index (χ3n) is 7.40. The first-order valence-corrected chi connectivity index (χ1v) is 14.8. The molecule has 2 atom stereocenters. The van der Waals surface area contributed by atoms with Crippen LogP contribution in [0.1, 0.15) is 60.5 Å². The molecule has 1 aliphatic carbocycles. The van der Waals surface area contributed by atoms with E-state index in [1.165, 1.54) is 24.3 Å². The van der Waals surface area contributed by atoms with Crippen molar-refractivity contribution in [3.8, 4) is 5.75 Å². The summed E-state index contributed by atoms with van der Waals surface area (Å²) in [6, 6.07) is 24.1. The van der Waals surface area contributed by atoms with E-state index in [2.05, 4.69) is 4.72 Å². The molecule has 1 heterocycles. The standard InChI is InChI=1S/C31H32N2O6S/c1-2-21(17-20-7-4-3-5-8-20)28-19-27(34)30(31(35)39-28)29(22-11-12-22)23-9-6-10-25(18-23)33-40(37,38)26-15-13-24(32-36)14-16-26/h3-10,13-16,18-19,21-22,29,32-34,36H,2,11-12,17H2,1H3. The van der Waals surface area contributed by atoms with Gasteiger partial charge in [-0.2, -0.15) is 0 Å². The van der Waals surface area contributed by atoms with Gasteiger partial charge in [0.05, 0.1) is 16.1 Å². The van der Waals surface area contributed by atoms with Crippen LogP contribution in [0.15, 0.2) is 99.0 Å². The molecule has 9 heteroatoms. The van der Waals surface area contributed by atoms with Crippen molar-refractivity contribution in [3.05, 3.63) is 118 Å². The second-order valence-electron chi connectivity index (χ2n) is 10.2. The number of aromatic hydroxyl groups is 1. The van der Waals surface area contributed by atoms with Crippen molar-refractivity contribution >= 4 is 21.4 Å². The van der Waals surface area contributed by atoms with Gasteiger partial charge in [0, 0.05) is 23.6 Å². The minimum absolute atomic E-state index is 0.0329. The fraction of sp³-hybridized carbons (Fsp3) is 0.258. The zero-order chi connectivity index (χ0) is 28.3. The third-order valence-corrected chi connectivity index (χ3v) is 8.80. The summed E-state index contributed by atoms with van der Waals surface area (Å²) < 4.78 is 34.4. The molecule has 208 valence electrons. The van der Waals surface area contributed by atoms with Crippen molar-refractivity contribution in [3.63, 3.8) is 0 Å². The largest absolute Gasteiger partial charge is 0.507 e. The van der Waals surface area contributed by atoms with Crippen LogP contribution in [0.2, 0.25) is 0 Å². The van der Waals surface area contributed by atoms with Crippen molar-refractivity contribution in [1.29, 1.82) is 0 Å². The molecule has 5 rings (SSSR count). The number of benzene rings is 3. The van der Waals surface area contributed by atoms with E-state index in [-0.39, 0.29) is 28.0 Å². The van der Waals surface area contributed by atoms with Gasteiger partial charge in [-0.05, 0) is 79.1 Å². The number of hydrogen-bond acceptors (Lipinski definition) is 7. The molecule has 1 aliphatic rings. The number of sulfonamides is 1. The van der Waals surface area contributed by atoms with Crippen molar-refractivity contribution in [2.75, 3.05) is 10.2 Å². The molecule has 0 spiro atoms. The Morgan fingerprint density at radius 1 is 0.950 bits per heavy atom. The van der Waals surface area contributed by atoms with Gasteiger partial charge in [0.25, 0.3) is 10.0 Å². The summed E-state index contributed by atoms with van der Waals surface area (Å²) in [5.74, 6) is -0.00104. The molecule has 1 fully saturated rings. The minimum Gasteiger partial charge on any atom is -0.507 e. The van der Waals surface area contributed by atoms with E-state index in [0.717, 1.165) is 24.8 Å². The van der Waals surface area contributed by atoms with E-state index in [9.17, 15) is 18.3 Å². The van der Waals surface area contributed by atoms with E-state index in [1.807, 2.05) is 48.8 Å². The van der Waals surface area contributed by atoms with Gasteiger partial charge in [-0.15, -0.1) is 0 Å². The number of hydrogen-bond donors (Lipinski definition) is 4. The van der Waals surface area contributed by atoms with Crippen molar-refractivity contribution < 1.29 is 23.1 Å². The van der Waals surface area contributed by atoms with Gasteiger partial charge in [0.15, 0.2) is 0 Å². The molecule has 0 amide bonds. The lowest BCUT2D eigenvalue weighted by molar-refractivity contribution is 0.379. The maximum absolute atomic E-state index is 13.4. The second kappa shape index (κ2) is 11.6. The summed E-state index contributed by atoms with van der Waals surface area (Å²) in [4.78, 5) is 13.4. The highest BCUT2D eigenvalue weighted by atomic mass is 32.2. The maximum atomic E-state index is 13.4. The Bertz CT molecular complexity index is 1630. The van der Waals surface area contributed by atoms with Gasteiger partial charge in [-0.25, -0.2) is 13.2 Å². The summed E-state index contributed by atoms with van der Waals surface area (Å²) in [5, 5.41) is 20.1. The molecule has 2 unspecified atom stereocenters. The number of anilines is 2. The lowest BCUT2D eigenvalue weighted by Crippen LogP contribution is -2.18. The monoisotopic (exact) mass is 560 g/mol. The molecule has 3 aromatic carbocycles. The van der Waals surface area contributed by atoms with E-state index < -0.39 is 21.6 Å². The van der Waals surface area contributed by atoms with Gasteiger partial charge in [-0.1, -0.05) is 49.4 Å². The average Bonchev–Trinajstić information content (AvgIpc) is 3.79. The molecule has 0 aliphatic heterocycles. The van der Waals surface area contributed by atoms with Crippen LogP contribution >= 0.6 is 0 Å². The Labute approximate surface area is 233 Å². The van der Waals surface area contributed by atoms with Crippen LogP contribution in [0.5, 0.6) is 5.75 Å². The van der Waals surface area contributed by atoms with Crippen molar-refractivity contribution in [1.82, 2.24) is 0 Å². The molecular formula is C31H32N2O6S. The zero-order valence-electron chi connectivity index (χ0n) is 22.1. The molecule has 0 radical (unpaired) electrons. The first-order chi connectivity index (χ1) is 19.3. The van der Waals surface area contributed by atoms with E-state index in [0.29, 0.717) is 29.1 Å². The van der Waals surface area contributed by atoms with Gasteiger partial charge in [-0.3, -0.25) is 15.4 Å². The quantitative estimate of drug-likeness (QED) is 0.160. The minimum atomic E-state index is -3.90. The van der Waals surface area contributed by atoms with Crippen LogP contribution < -0.4 is 15.8 Å². The fourth-order valence-electron chi connectivity index (χ4n) is 5.16. The first-order valence-electron chi connectivity index (χ1n) is 13.3. The Morgan fingerprint density at radius 3 is 2.30 bits per heavy atom. The van der Waals surface area contributed by atoms with Crippen LogP contribution in [0.25, 0.3) is 0 Å². The lowest BCUT2D eigenvalue weighted by Gasteiger charge is -2.20. The van der Waals surface area contributed by atoms with Crippen molar-refractivity contribution in [2.45, 2.75) is 49.3 Å².